The smallest absolute Gasteiger partial charge is 0.0109 e. The number of fused-ring (bicyclic) bond motifs is 3. The van der Waals surface area contributed by atoms with Crippen LogP contribution in [-0.4, -0.2) is 0 Å². The molecule has 78 valence electrons. The molecule has 0 nitrogen and oxygen atoms in total. The molecule has 0 N–H and O–H groups in total. The van der Waals surface area contributed by atoms with E-state index in [1.165, 1.54) is 22.3 Å². The predicted molar refractivity (Wildman–Crippen MR) is 71.8 cm³/mol. The molecule has 0 spiro atoms. The van der Waals surface area contributed by atoms with E-state index >= 15 is 0 Å². The van der Waals surface area contributed by atoms with Crippen molar-refractivity contribution in [1.82, 2.24) is 0 Å². The maximum Gasteiger partial charge on any atom is -0.0109 e. The van der Waals surface area contributed by atoms with Gasteiger partial charge in [-0.1, -0.05) is 60.7 Å². The Kier molecular flexibility index (Phi) is 2.34. The van der Waals surface area contributed by atoms with Gasteiger partial charge in [-0.25, -0.2) is 0 Å². The van der Waals surface area contributed by atoms with E-state index in [2.05, 4.69) is 60.7 Å². The van der Waals surface area contributed by atoms with E-state index in [9.17, 15) is 0 Å². The van der Waals surface area contributed by atoms with E-state index in [4.69, 9.17) is 0 Å². The highest BCUT2D eigenvalue weighted by molar-refractivity contribution is 5.81. The molecule has 0 fully saturated rings. The van der Waals surface area contributed by atoms with E-state index in [0.717, 1.165) is 12.8 Å². The molecule has 1 aromatic carbocycles. The first kappa shape index (κ1) is 9.41. The Morgan fingerprint density at radius 2 is 1.00 bits per heavy atom. The minimum absolute atomic E-state index is 1.03. The van der Waals surface area contributed by atoms with Gasteiger partial charge in [-0.3, -0.25) is 0 Å². The van der Waals surface area contributed by atoms with E-state index < -0.39 is 0 Å². The van der Waals surface area contributed by atoms with Crippen LogP contribution >= 0.6 is 0 Å². The van der Waals surface area contributed by atoms with Crippen LogP contribution in [0.4, 0.5) is 0 Å². The Hall–Kier alpha value is -1.82. The molecule has 16 heavy (non-hydrogen) atoms. The number of hydrogen-bond acceptors (Lipinski definition) is 0. The monoisotopic (exact) mass is 206 g/mol. The summed E-state index contributed by atoms with van der Waals surface area (Å²) in [6.07, 6.45) is 19.9. The molecule has 2 aliphatic carbocycles. The van der Waals surface area contributed by atoms with Crippen molar-refractivity contribution in [2.45, 2.75) is 12.8 Å². The first-order valence-corrected chi connectivity index (χ1v) is 5.78. The van der Waals surface area contributed by atoms with Crippen LogP contribution in [0.3, 0.4) is 0 Å². The van der Waals surface area contributed by atoms with Crippen molar-refractivity contribution in [1.29, 1.82) is 0 Å². The SMILES string of the molecule is C1=Cc2ccc3c(c2C=CC1)C=CCC=C3. The van der Waals surface area contributed by atoms with Crippen LogP contribution in [0.1, 0.15) is 35.1 Å². The first-order valence-electron chi connectivity index (χ1n) is 5.78. The van der Waals surface area contributed by atoms with Crippen LogP contribution < -0.4 is 0 Å². The van der Waals surface area contributed by atoms with Crippen molar-refractivity contribution in [3.8, 4) is 0 Å². The van der Waals surface area contributed by atoms with E-state index in [-0.39, 0.29) is 0 Å². The molecule has 0 radical (unpaired) electrons. The molecular weight excluding hydrogens is 192 g/mol. The highest BCUT2D eigenvalue weighted by atomic mass is 14.1. The van der Waals surface area contributed by atoms with Gasteiger partial charge in [0.15, 0.2) is 0 Å². The third-order valence-electron chi connectivity index (χ3n) is 3.06. The highest BCUT2D eigenvalue weighted by Gasteiger charge is 2.08. The van der Waals surface area contributed by atoms with Crippen LogP contribution in [0.2, 0.25) is 0 Å². The zero-order valence-corrected chi connectivity index (χ0v) is 9.19. The molecule has 0 aliphatic heterocycles. The lowest BCUT2D eigenvalue weighted by Crippen LogP contribution is -1.89. The second-order valence-corrected chi connectivity index (χ2v) is 4.15. The van der Waals surface area contributed by atoms with Crippen LogP contribution in [0.25, 0.3) is 24.3 Å². The van der Waals surface area contributed by atoms with Crippen molar-refractivity contribution in [2.75, 3.05) is 0 Å². The summed E-state index contributed by atoms with van der Waals surface area (Å²) in [4.78, 5) is 0. The van der Waals surface area contributed by atoms with Gasteiger partial charge < -0.3 is 0 Å². The lowest BCUT2D eigenvalue weighted by atomic mass is 9.96. The molecule has 0 saturated carbocycles. The minimum Gasteiger partial charge on any atom is -0.0801 e. The second kappa shape index (κ2) is 3.97. The lowest BCUT2D eigenvalue weighted by Gasteiger charge is -2.08. The van der Waals surface area contributed by atoms with Crippen LogP contribution in [0.5, 0.6) is 0 Å². The molecule has 3 rings (SSSR count). The Morgan fingerprint density at radius 3 is 1.50 bits per heavy atom. The molecule has 0 saturated heterocycles. The Balaban J connectivity index is 2.29. The highest BCUT2D eigenvalue weighted by Crippen LogP contribution is 2.28. The summed E-state index contributed by atoms with van der Waals surface area (Å²) < 4.78 is 0. The standard InChI is InChI=1S/C16H14/c1-3-7-13-11-12-14-8-4-2-6-10-16(14)15(13)9-5-1/h3-12H,1-2H2. The van der Waals surface area contributed by atoms with Crippen LogP contribution in [-0.2, 0) is 0 Å². The van der Waals surface area contributed by atoms with E-state index in [1.54, 1.807) is 0 Å². The summed E-state index contributed by atoms with van der Waals surface area (Å²) in [6.45, 7) is 0. The first-order chi connectivity index (χ1) is 7.95. The predicted octanol–water partition coefficient (Wildman–Crippen LogP) is 4.55. The maximum atomic E-state index is 2.25. The van der Waals surface area contributed by atoms with Gasteiger partial charge in [0, 0.05) is 0 Å². The number of hydrogen-bond donors (Lipinski definition) is 0. The summed E-state index contributed by atoms with van der Waals surface area (Å²) in [7, 11) is 0. The lowest BCUT2D eigenvalue weighted by molar-refractivity contribution is 1.43. The molecule has 0 amide bonds. The zero-order chi connectivity index (χ0) is 10.8. The molecule has 1 aromatic rings. The van der Waals surface area contributed by atoms with Crippen molar-refractivity contribution >= 4 is 24.3 Å². The summed E-state index contributed by atoms with van der Waals surface area (Å²) in [5.41, 5.74) is 5.36. The molecule has 0 atom stereocenters. The van der Waals surface area contributed by atoms with Gasteiger partial charge in [0.1, 0.15) is 0 Å². The fourth-order valence-corrected chi connectivity index (χ4v) is 2.25. The molecule has 0 bridgehead atoms. The van der Waals surface area contributed by atoms with Crippen LogP contribution in [0.15, 0.2) is 36.4 Å². The largest absolute Gasteiger partial charge is 0.0801 e. The molecule has 2 aliphatic rings. The van der Waals surface area contributed by atoms with Gasteiger partial charge in [0.2, 0.25) is 0 Å². The van der Waals surface area contributed by atoms with E-state index in [0.29, 0.717) is 0 Å². The molecular formula is C16H14. The van der Waals surface area contributed by atoms with Gasteiger partial charge in [-0.15, -0.1) is 0 Å². The fraction of sp³-hybridized carbons (Fsp3) is 0.125. The third kappa shape index (κ3) is 1.57. The quantitative estimate of drug-likeness (QED) is 0.584. The van der Waals surface area contributed by atoms with Gasteiger partial charge in [-0.2, -0.15) is 0 Å². The van der Waals surface area contributed by atoms with Gasteiger partial charge in [-0.05, 0) is 35.1 Å². The Morgan fingerprint density at radius 1 is 0.562 bits per heavy atom. The molecule has 0 heteroatoms. The molecule has 0 unspecified atom stereocenters. The summed E-state index contributed by atoms with van der Waals surface area (Å²) in [6, 6.07) is 4.42. The number of benzene rings is 1. The van der Waals surface area contributed by atoms with Crippen molar-refractivity contribution in [3.05, 3.63) is 58.7 Å². The third-order valence-corrected chi connectivity index (χ3v) is 3.06. The van der Waals surface area contributed by atoms with Crippen LogP contribution in [0, 0.1) is 0 Å². The average molecular weight is 206 g/mol. The average Bonchev–Trinajstić information content (AvgIpc) is 2.68. The molecule has 0 aromatic heterocycles. The maximum absolute atomic E-state index is 2.25. The Labute approximate surface area is 96.3 Å². The van der Waals surface area contributed by atoms with E-state index in [1.807, 2.05) is 0 Å². The summed E-state index contributed by atoms with van der Waals surface area (Å²) in [5.74, 6) is 0. The number of allylic oxidation sites excluding steroid dienone is 4. The molecule has 0 heterocycles. The van der Waals surface area contributed by atoms with Gasteiger partial charge >= 0.3 is 0 Å². The van der Waals surface area contributed by atoms with Crippen molar-refractivity contribution < 1.29 is 0 Å². The number of rotatable bonds is 0. The normalized spacial score (nSPS) is 16.5. The summed E-state index contributed by atoms with van der Waals surface area (Å²) >= 11 is 0. The second-order valence-electron chi connectivity index (χ2n) is 4.15. The van der Waals surface area contributed by atoms with Gasteiger partial charge in [0.05, 0.1) is 0 Å². The topological polar surface area (TPSA) is 0 Å². The Bertz CT molecular complexity index is 476. The fourth-order valence-electron chi connectivity index (χ4n) is 2.25. The van der Waals surface area contributed by atoms with Crippen molar-refractivity contribution in [2.24, 2.45) is 0 Å². The minimum atomic E-state index is 1.03. The summed E-state index contributed by atoms with van der Waals surface area (Å²) in [5, 5.41) is 0. The zero-order valence-electron chi connectivity index (χ0n) is 9.19. The van der Waals surface area contributed by atoms with Gasteiger partial charge in [0.25, 0.3) is 0 Å². The van der Waals surface area contributed by atoms with Crippen molar-refractivity contribution in [3.63, 3.8) is 0 Å².